The van der Waals surface area contributed by atoms with Crippen molar-refractivity contribution in [1.29, 1.82) is 0 Å². The minimum absolute atomic E-state index is 0.0898. The fourth-order valence-corrected chi connectivity index (χ4v) is 5.44. The van der Waals surface area contributed by atoms with E-state index in [1.807, 2.05) is 24.3 Å². The summed E-state index contributed by atoms with van der Waals surface area (Å²) in [6.07, 6.45) is 7.49. The van der Waals surface area contributed by atoms with Crippen molar-refractivity contribution in [2.24, 2.45) is 4.36 Å². The summed E-state index contributed by atoms with van der Waals surface area (Å²) in [7, 11) is -3.76. The maximum atomic E-state index is 14.7. The van der Waals surface area contributed by atoms with E-state index in [9.17, 15) is 8.09 Å². The Morgan fingerprint density at radius 2 is 1.76 bits per heavy atom. The summed E-state index contributed by atoms with van der Waals surface area (Å²) in [6.45, 7) is 0. The second kappa shape index (κ2) is 6.44. The van der Waals surface area contributed by atoms with Crippen LogP contribution in [0, 0.1) is 0 Å². The highest BCUT2D eigenvalue weighted by molar-refractivity contribution is 7.91. The monoisotopic (exact) mass is 325 g/mol. The molecule has 1 aliphatic rings. The Morgan fingerprint density at radius 3 is 2.48 bits per heavy atom. The molecular weight excluding hydrogens is 305 g/mol. The van der Waals surface area contributed by atoms with Gasteiger partial charge in [-0.25, -0.2) is 8.57 Å². The van der Waals surface area contributed by atoms with Gasteiger partial charge in [-0.3, -0.25) is 0 Å². The van der Waals surface area contributed by atoms with Crippen molar-refractivity contribution >= 4 is 31.5 Å². The summed E-state index contributed by atoms with van der Waals surface area (Å²) in [5.74, 6) is 0. The van der Waals surface area contributed by atoms with Crippen LogP contribution in [0.15, 0.2) is 38.9 Å². The first-order valence-corrected chi connectivity index (χ1v) is 9.83. The highest BCUT2D eigenvalue weighted by atomic mass is 32.3. The van der Waals surface area contributed by atoms with Crippen LogP contribution in [0.4, 0.5) is 3.89 Å². The standard InChI is InChI=1S/C16H20FNOS2/c17-21(19,18-14-9-4-2-1-3-5-10-14)16-12-13-8-6-7-11-15(13)20-16/h6-8,11-12,14H,1-5,9-10H2/t21-/m1/s1. The van der Waals surface area contributed by atoms with E-state index in [4.69, 9.17) is 0 Å². The van der Waals surface area contributed by atoms with Crippen LogP contribution in [0.25, 0.3) is 10.1 Å². The Labute approximate surface area is 129 Å². The van der Waals surface area contributed by atoms with Gasteiger partial charge in [-0.1, -0.05) is 50.3 Å². The molecule has 21 heavy (non-hydrogen) atoms. The third kappa shape index (κ3) is 3.64. The Hall–Kier alpha value is -0.940. The summed E-state index contributed by atoms with van der Waals surface area (Å²) < 4.78 is 32.4. The number of rotatable bonds is 2. The SMILES string of the molecule is O=[S@](F)(=NC1CCCCCCC1)c1cc2ccccc2s1. The first-order chi connectivity index (χ1) is 10.1. The fourth-order valence-electron chi connectivity index (χ4n) is 2.87. The highest BCUT2D eigenvalue weighted by Gasteiger charge is 2.19. The van der Waals surface area contributed by atoms with E-state index in [0.29, 0.717) is 0 Å². The molecule has 0 saturated heterocycles. The average molecular weight is 325 g/mol. The van der Waals surface area contributed by atoms with Gasteiger partial charge < -0.3 is 0 Å². The quantitative estimate of drug-likeness (QED) is 0.649. The van der Waals surface area contributed by atoms with Gasteiger partial charge in [-0.15, -0.1) is 15.2 Å². The van der Waals surface area contributed by atoms with Gasteiger partial charge in [-0.05, 0) is 30.4 Å². The van der Waals surface area contributed by atoms with Crippen molar-refractivity contribution in [2.45, 2.75) is 55.2 Å². The molecule has 0 aliphatic heterocycles. The number of hydrogen-bond acceptors (Lipinski definition) is 3. The van der Waals surface area contributed by atoms with Crippen molar-refractivity contribution in [3.05, 3.63) is 30.3 Å². The molecule has 5 heteroatoms. The summed E-state index contributed by atoms with van der Waals surface area (Å²) >= 11 is 1.26. The maximum Gasteiger partial charge on any atom is 0.240 e. The van der Waals surface area contributed by atoms with Crippen LogP contribution in [0.5, 0.6) is 0 Å². The van der Waals surface area contributed by atoms with Gasteiger partial charge in [-0.2, -0.15) is 0 Å². The van der Waals surface area contributed by atoms with Crippen molar-refractivity contribution < 1.29 is 8.09 Å². The number of nitrogens with zero attached hydrogens (tertiary/aromatic N) is 1. The summed E-state index contributed by atoms with van der Waals surface area (Å²) in [5.41, 5.74) is 0. The largest absolute Gasteiger partial charge is 0.240 e. The van der Waals surface area contributed by atoms with Crippen molar-refractivity contribution in [3.63, 3.8) is 0 Å². The topological polar surface area (TPSA) is 29.4 Å². The van der Waals surface area contributed by atoms with E-state index in [-0.39, 0.29) is 10.3 Å². The van der Waals surface area contributed by atoms with E-state index < -0.39 is 10.1 Å². The molecule has 0 unspecified atom stereocenters. The average Bonchev–Trinajstić information content (AvgIpc) is 2.86. The van der Waals surface area contributed by atoms with Crippen molar-refractivity contribution in [2.75, 3.05) is 0 Å². The third-order valence-corrected chi connectivity index (χ3v) is 6.97. The summed E-state index contributed by atoms with van der Waals surface area (Å²) in [4.78, 5) is 0. The van der Waals surface area contributed by atoms with E-state index >= 15 is 0 Å². The molecule has 0 spiro atoms. The molecule has 2 aromatic rings. The smallest absolute Gasteiger partial charge is 0.210 e. The first kappa shape index (κ1) is 15.0. The van der Waals surface area contributed by atoms with Gasteiger partial charge in [0.1, 0.15) is 4.21 Å². The van der Waals surface area contributed by atoms with Gasteiger partial charge in [0.25, 0.3) is 0 Å². The summed E-state index contributed by atoms with van der Waals surface area (Å²) in [6, 6.07) is 9.26. The van der Waals surface area contributed by atoms with Gasteiger partial charge in [0.2, 0.25) is 10.1 Å². The lowest BCUT2D eigenvalue weighted by atomic mass is 9.98. The van der Waals surface area contributed by atoms with E-state index in [0.717, 1.165) is 35.8 Å². The Morgan fingerprint density at radius 1 is 1.10 bits per heavy atom. The molecule has 0 bridgehead atoms. The van der Waals surface area contributed by atoms with Gasteiger partial charge in [0.05, 0.1) is 6.04 Å². The minimum Gasteiger partial charge on any atom is -0.210 e. The molecule has 1 aliphatic carbocycles. The molecule has 0 radical (unpaired) electrons. The zero-order chi connectivity index (χ0) is 14.7. The van der Waals surface area contributed by atoms with Crippen molar-refractivity contribution in [3.8, 4) is 0 Å². The second-order valence-corrected chi connectivity index (χ2v) is 8.58. The Balaban J connectivity index is 1.90. The normalized spacial score (nSPS) is 20.6. The molecular formula is C16H20FNOS2. The Kier molecular flexibility index (Phi) is 4.60. The Bertz CT molecular complexity index is 690. The summed E-state index contributed by atoms with van der Waals surface area (Å²) in [5, 5.41) is 0.941. The second-order valence-electron chi connectivity index (χ2n) is 5.67. The lowest BCUT2D eigenvalue weighted by Gasteiger charge is -2.15. The van der Waals surface area contributed by atoms with Gasteiger partial charge in [0, 0.05) is 4.70 Å². The molecule has 2 nitrogen and oxygen atoms in total. The molecule has 1 saturated carbocycles. The van der Waals surface area contributed by atoms with Crippen LogP contribution in [-0.4, -0.2) is 10.3 Å². The van der Waals surface area contributed by atoms with Crippen LogP contribution in [0.1, 0.15) is 44.9 Å². The molecule has 0 amide bonds. The van der Waals surface area contributed by atoms with E-state index in [1.165, 1.54) is 30.6 Å². The molecule has 1 heterocycles. The number of thiophene rings is 1. The molecule has 114 valence electrons. The molecule has 0 N–H and O–H groups in total. The molecule has 1 fully saturated rings. The van der Waals surface area contributed by atoms with Crippen LogP contribution in [0.2, 0.25) is 0 Å². The first-order valence-electron chi connectivity index (χ1n) is 7.60. The van der Waals surface area contributed by atoms with E-state index in [2.05, 4.69) is 4.36 Å². The predicted molar refractivity (Wildman–Crippen MR) is 87.9 cm³/mol. The van der Waals surface area contributed by atoms with Crippen LogP contribution >= 0.6 is 11.3 Å². The van der Waals surface area contributed by atoms with Crippen molar-refractivity contribution in [1.82, 2.24) is 0 Å². The van der Waals surface area contributed by atoms with Crippen LogP contribution in [-0.2, 0) is 10.1 Å². The third-order valence-electron chi connectivity index (χ3n) is 4.01. The van der Waals surface area contributed by atoms with Gasteiger partial charge in [0.15, 0.2) is 0 Å². The number of fused-ring (bicyclic) bond motifs is 1. The molecule has 1 aromatic heterocycles. The molecule has 1 atom stereocenters. The van der Waals surface area contributed by atoms with Gasteiger partial charge >= 0.3 is 0 Å². The number of halogens is 1. The zero-order valence-electron chi connectivity index (χ0n) is 12.0. The lowest BCUT2D eigenvalue weighted by Crippen LogP contribution is -2.09. The zero-order valence-corrected chi connectivity index (χ0v) is 13.6. The molecule has 1 aromatic carbocycles. The fraction of sp³-hybridized carbons (Fsp3) is 0.500. The van der Waals surface area contributed by atoms with Crippen LogP contribution < -0.4 is 0 Å². The number of hydrogen-bond donors (Lipinski definition) is 0. The van der Waals surface area contributed by atoms with Crippen LogP contribution in [0.3, 0.4) is 0 Å². The predicted octanol–water partition coefficient (Wildman–Crippen LogP) is 5.73. The highest BCUT2D eigenvalue weighted by Crippen LogP contribution is 2.32. The minimum atomic E-state index is -3.76. The van der Waals surface area contributed by atoms with E-state index in [1.54, 1.807) is 6.07 Å². The molecule has 3 rings (SSSR count). The maximum absolute atomic E-state index is 14.7. The number of benzene rings is 1. The lowest BCUT2D eigenvalue weighted by molar-refractivity contribution is 0.454.